The average molecular weight is 224 g/mol. The Balaban J connectivity index is 2.91. The average Bonchev–Trinajstić information content (AvgIpc) is 2.45. The van der Waals surface area contributed by atoms with Crippen LogP contribution < -0.4 is 0 Å². The van der Waals surface area contributed by atoms with Gasteiger partial charge in [-0.1, -0.05) is 13.8 Å². The number of aryl methyl sites for hydroxylation is 1. The monoisotopic (exact) mass is 224 g/mol. The Hall–Kier alpha value is -1.32. The lowest BCUT2D eigenvalue weighted by Gasteiger charge is -2.16. The number of hydrogen-bond acceptors (Lipinski definition) is 2. The molecule has 0 bridgehead atoms. The van der Waals surface area contributed by atoms with Crippen molar-refractivity contribution in [2.24, 2.45) is 5.41 Å². The molecule has 4 nitrogen and oxygen atoms in total. The fourth-order valence-corrected chi connectivity index (χ4v) is 1.68. The van der Waals surface area contributed by atoms with Gasteiger partial charge in [0.2, 0.25) is 0 Å². The van der Waals surface area contributed by atoms with Crippen molar-refractivity contribution in [1.82, 2.24) is 9.97 Å². The van der Waals surface area contributed by atoms with Crippen molar-refractivity contribution in [2.45, 2.75) is 47.0 Å². The first-order chi connectivity index (χ1) is 7.24. The first-order valence-electron chi connectivity index (χ1n) is 5.53. The highest BCUT2D eigenvalue weighted by molar-refractivity contribution is 5.73. The van der Waals surface area contributed by atoms with Crippen molar-refractivity contribution in [1.29, 1.82) is 0 Å². The SMILES string of the molecule is Cc1[nH]c(CC(C)(C)C(=O)O)nc1C(C)C. The molecular formula is C12H20N2O2. The largest absolute Gasteiger partial charge is 0.481 e. The molecular weight excluding hydrogens is 204 g/mol. The van der Waals surface area contributed by atoms with Gasteiger partial charge in [0.25, 0.3) is 0 Å². The lowest BCUT2D eigenvalue weighted by molar-refractivity contribution is -0.146. The second kappa shape index (κ2) is 4.28. The van der Waals surface area contributed by atoms with E-state index in [1.165, 1.54) is 0 Å². The zero-order valence-electron chi connectivity index (χ0n) is 10.6. The molecule has 0 unspecified atom stereocenters. The maximum Gasteiger partial charge on any atom is 0.309 e. The summed E-state index contributed by atoms with van der Waals surface area (Å²) in [6.45, 7) is 9.55. The van der Waals surface area contributed by atoms with Gasteiger partial charge in [0.05, 0.1) is 11.1 Å². The van der Waals surface area contributed by atoms with Crippen LogP contribution in [-0.2, 0) is 11.2 Å². The molecule has 0 aliphatic rings. The topological polar surface area (TPSA) is 66.0 Å². The number of carboxylic acids is 1. The van der Waals surface area contributed by atoms with Gasteiger partial charge in [0, 0.05) is 12.1 Å². The Morgan fingerprint density at radius 1 is 1.50 bits per heavy atom. The van der Waals surface area contributed by atoms with Crippen LogP contribution in [0.1, 0.15) is 50.8 Å². The Labute approximate surface area is 96.1 Å². The summed E-state index contributed by atoms with van der Waals surface area (Å²) in [5.74, 6) is 0.319. The quantitative estimate of drug-likeness (QED) is 0.825. The van der Waals surface area contributed by atoms with Crippen LogP contribution in [0.5, 0.6) is 0 Å². The molecule has 1 rings (SSSR count). The smallest absolute Gasteiger partial charge is 0.309 e. The number of aromatic nitrogens is 2. The second-order valence-corrected chi connectivity index (χ2v) is 5.21. The van der Waals surface area contributed by atoms with E-state index >= 15 is 0 Å². The Kier molecular flexibility index (Phi) is 3.41. The molecule has 0 amide bonds. The molecule has 0 aliphatic heterocycles. The third-order valence-corrected chi connectivity index (χ3v) is 2.71. The van der Waals surface area contributed by atoms with Crippen molar-refractivity contribution in [3.63, 3.8) is 0 Å². The molecule has 0 saturated carbocycles. The van der Waals surface area contributed by atoms with E-state index in [-0.39, 0.29) is 0 Å². The molecule has 0 atom stereocenters. The van der Waals surface area contributed by atoms with E-state index in [0.29, 0.717) is 12.3 Å². The molecule has 0 aliphatic carbocycles. The van der Waals surface area contributed by atoms with E-state index in [1.807, 2.05) is 6.92 Å². The summed E-state index contributed by atoms with van der Waals surface area (Å²) in [5, 5.41) is 9.05. The number of rotatable bonds is 4. The van der Waals surface area contributed by atoms with Gasteiger partial charge in [-0.2, -0.15) is 0 Å². The van der Waals surface area contributed by atoms with Crippen molar-refractivity contribution in [3.8, 4) is 0 Å². The third kappa shape index (κ3) is 2.62. The number of nitrogens with zero attached hydrogens (tertiary/aromatic N) is 1. The minimum atomic E-state index is -0.798. The minimum absolute atomic E-state index is 0.359. The number of carbonyl (C=O) groups is 1. The molecule has 16 heavy (non-hydrogen) atoms. The summed E-state index contributed by atoms with van der Waals surface area (Å²) >= 11 is 0. The molecule has 2 N–H and O–H groups in total. The van der Waals surface area contributed by atoms with Gasteiger partial charge in [0.15, 0.2) is 0 Å². The van der Waals surface area contributed by atoms with Gasteiger partial charge in [-0.3, -0.25) is 4.79 Å². The van der Waals surface area contributed by atoms with E-state index in [0.717, 1.165) is 17.2 Å². The van der Waals surface area contributed by atoms with Crippen LogP contribution in [-0.4, -0.2) is 21.0 Å². The Bertz CT molecular complexity index is 392. The highest BCUT2D eigenvalue weighted by atomic mass is 16.4. The van der Waals surface area contributed by atoms with Gasteiger partial charge in [-0.15, -0.1) is 0 Å². The molecule has 0 saturated heterocycles. The first-order valence-corrected chi connectivity index (χ1v) is 5.53. The van der Waals surface area contributed by atoms with Crippen molar-refractivity contribution < 1.29 is 9.90 Å². The van der Waals surface area contributed by atoms with Crippen molar-refractivity contribution in [3.05, 3.63) is 17.2 Å². The van der Waals surface area contributed by atoms with Gasteiger partial charge in [0.1, 0.15) is 5.82 Å². The van der Waals surface area contributed by atoms with E-state index in [2.05, 4.69) is 23.8 Å². The predicted molar refractivity (Wildman–Crippen MR) is 62.5 cm³/mol. The molecule has 0 aromatic carbocycles. The van der Waals surface area contributed by atoms with Gasteiger partial charge in [-0.05, 0) is 26.7 Å². The Morgan fingerprint density at radius 3 is 2.44 bits per heavy atom. The standard InChI is InChI=1S/C12H20N2O2/c1-7(2)10-8(3)13-9(14-10)6-12(4,5)11(15)16/h7H,6H2,1-5H3,(H,13,14)(H,15,16). The van der Waals surface area contributed by atoms with Gasteiger partial charge < -0.3 is 10.1 Å². The lowest BCUT2D eigenvalue weighted by Crippen LogP contribution is -2.26. The van der Waals surface area contributed by atoms with Crippen molar-refractivity contribution >= 4 is 5.97 Å². The highest BCUT2D eigenvalue weighted by Gasteiger charge is 2.29. The fraction of sp³-hybridized carbons (Fsp3) is 0.667. The summed E-state index contributed by atoms with van der Waals surface area (Å²) in [5.41, 5.74) is 1.28. The van der Waals surface area contributed by atoms with Crippen LogP contribution in [0.2, 0.25) is 0 Å². The molecule has 4 heteroatoms. The number of aliphatic carboxylic acids is 1. The molecule has 0 spiro atoms. The van der Waals surface area contributed by atoms with Gasteiger partial charge in [-0.25, -0.2) is 4.98 Å². The van der Waals surface area contributed by atoms with E-state index in [9.17, 15) is 4.79 Å². The number of imidazole rings is 1. The van der Waals surface area contributed by atoms with E-state index in [4.69, 9.17) is 5.11 Å². The summed E-state index contributed by atoms with van der Waals surface area (Å²) in [6, 6.07) is 0. The van der Waals surface area contributed by atoms with E-state index < -0.39 is 11.4 Å². The maximum absolute atomic E-state index is 11.0. The minimum Gasteiger partial charge on any atom is -0.481 e. The summed E-state index contributed by atoms with van der Waals surface area (Å²) in [4.78, 5) is 18.6. The van der Waals surface area contributed by atoms with Gasteiger partial charge >= 0.3 is 5.97 Å². The normalized spacial score (nSPS) is 12.1. The zero-order valence-corrected chi connectivity index (χ0v) is 10.6. The maximum atomic E-state index is 11.0. The van der Waals surface area contributed by atoms with Crippen LogP contribution in [0.3, 0.4) is 0 Å². The second-order valence-electron chi connectivity index (χ2n) is 5.21. The first kappa shape index (κ1) is 12.7. The summed E-state index contributed by atoms with van der Waals surface area (Å²) in [7, 11) is 0. The highest BCUT2D eigenvalue weighted by Crippen LogP contribution is 2.23. The number of aromatic amines is 1. The predicted octanol–water partition coefficient (Wildman–Crippen LogP) is 2.49. The third-order valence-electron chi connectivity index (χ3n) is 2.71. The van der Waals surface area contributed by atoms with Crippen LogP contribution in [0.4, 0.5) is 0 Å². The number of nitrogens with one attached hydrogen (secondary N) is 1. The number of hydrogen-bond donors (Lipinski definition) is 2. The summed E-state index contributed by atoms with van der Waals surface area (Å²) < 4.78 is 0. The zero-order chi connectivity index (χ0) is 12.5. The molecule has 1 heterocycles. The molecule has 0 radical (unpaired) electrons. The molecule has 0 fully saturated rings. The van der Waals surface area contributed by atoms with Crippen LogP contribution in [0.15, 0.2) is 0 Å². The van der Waals surface area contributed by atoms with Crippen LogP contribution in [0, 0.1) is 12.3 Å². The number of H-pyrrole nitrogens is 1. The Morgan fingerprint density at radius 2 is 2.06 bits per heavy atom. The summed E-state index contributed by atoms with van der Waals surface area (Å²) in [6.07, 6.45) is 0.426. The fourth-order valence-electron chi connectivity index (χ4n) is 1.68. The molecule has 1 aromatic rings. The van der Waals surface area contributed by atoms with Crippen LogP contribution >= 0.6 is 0 Å². The van der Waals surface area contributed by atoms with Crippen LogP contribution in [0.25, 0.3) is 0 Å². The van der Waals surface area contributed by atoms with E-state index in [1.54, 1.807) is 13.8 Å². The number of carboxylic acid groups (broad SMARTS) is 1. The molecule has 1 aromatic heterocycles. The van der Waals surface area contributed by atoms with Crippen molar-refractivity contribution in [2.75, 3.05) is 0 Å². The lowest BCUT2D eigenvalue weighted by atomic mass is 9.89. The molecule has 90 valence electrons.